The highest BCUT2D eigenvalue weighted by molar-refractivity contribution is 7.92. The van der Waals surface area contributed by atoms with Gasteiger partial charge < -0.3 is 10.1 Å². The predicted molar refractivity (Wildman–Crippen MR) is 149 cm³/mol. The molecule has 0 aliphatic rings. The zero-order valence-electron chi connectivity index (χ0n) is 21.6. The maximum Gasteiger partial charge on any atom is 0.260 e. The summed E-state index contributed by atoms with van der Waals surface area (Å²) in [6.07, 6.45) is 3.30. The molecule has 0 saturated carbocycles. The quantitative estimate of drug-likeness (QED) is 0.272. The van der Waals surface area contributed by atoms with E-state index in [-0.39, 0.29) is 18.6 Å². The Bertz CT molecular complexity index is 1340. The average molecular weight is 537 g/mol. The number of aryl methyl sites for hydroxylation is 1. The Morgan fingerprint density at radius 3 is 2.24 bits per heavy atom. The third-order valence-electron chi connectivity index (χ3n) is 5.65. The van der Waals surface area contributed by atoms with Crippen LogP contribution in [0.1, 0.15) is 36.6 Å². The molecule has 0 heterocycles. The molecule has 0 aliphatic heterocycles. The zero-order valence-corrected chi connectivity index (χ0v) is 22.4. The van der Waals surface area contributed by atoms with E-state index in [4.69, 9.17) is 4.74 Å². The number of anilines is 1. The van der Waals surface area contributed by atoms with Gasteiger partial charge in [-0.05, 0) is 66.4 Å². The third kappa shape index (κ3) is 8.74. The summed E-state index contributed by atoms with van der Waals surface area (Å²) in [5, 5.41) is 6.80. The van der Waals surface area contributed by atoms with Crippen molar-refractivity contribution in [1.82, 2.24) is 10.7 Å². The summed E-state index contributed by atoms with van der Waals surface area (Å²) in [7, 11) is -3.67. The molecular formula is C28H32N4O5S. The van der Waals surface area contributed by atoms with Crippen LogP contribution in [-0.2, 0) is 26.0 Å². The summed E-state index contributed by atoms with van der Waals surface area (Å²) in [6.45, 7) is 3.38. The maximum absolute atomic E-state index is 12.4. The second-order valence-corrected chi connectivity index (χ2v) is 10.5. The largest absolute Gasteiger partial charge is 0.484 e. The van der Waals surface area contributed by atoms with E-state index in [1.807, 2.05) is 56.3 Å². The Labute approximate surface area is 223 Å². The van der Waals surface area contributed by atoms with Crippen molar-refractivity contribution in [2.75, 3.05) is 23.7 Å². The van der Waals surface area contributed by atoms with Crippen LogP contribution < -0.4 is 19.8 Å². The summed E-state index contributed by atoms with van der Waals surface area (Å²) in [5.41, 5.74) is 5.50. The van der Waals surface area contributed by atoms with Gasteiger partial charge in [0, 0.05) is 0 Å². The first kappa shape index (κ1) is 28.4. The van der Waals surface area contributed by atoms with Crippen LogP contribution in [-0.4, -0.2) is 45.9 Å². The van der Waals surface area contributed by atoms with Crippen LogP contribution in [0.15, 0.2) is 84.0 Å². The molecule has 0 spiro atoms. The summed E-state index contributed by atoms with van der Waals surface area (Å²) in [5.74, 6) is -0.312. The van der Waals surface area contributed by atoms with Gasteiger partial charge in [0.05, 0.1) is 24.2 Å². The fourth-order valence-corrected chi connectivity index (χ4v) is 4.41. The highest BCUT2D eigenvalue weighted by Crippen LogP contribution is 2.18. The molecule has 0 bridgehead atoms. The van der Waals surface area contributed by atoms with E-state index in [1.165, 1.54) is 6.21 Å². The fourth-order valence-electron chi connectivity index (χ4n) is 3.55. The van der Waals surface area contributed by atoms with E-state index in [1.54, 1.807) is 36.4 Å². The SMILES string of the molecule is CCc1ccc(N(CC(=O)N/N=C\c2ccc(OCC(=O)N[C@@H](C)c3ccccc3)cc2)S(C)(=O)=O)cc1. The molecule has 3 rings (SSSR count). The van der Waals surface area contributed by atoms with Crippen LogP contribution in [0.25, 0.3) is 0 Å². The summed E-state index contributed by atoms with van der Waals surface area (Å²) in [4.78, 5) is 24.6. The Morgan fingerprint density at radius 1 is 0.974 bits per heavy atom. The lowest BCUT2D eigenvalue weighted by molar-refractivity contribution is -0.123. The highest BCUT2D eigenvalue weighted by atomic mass is 32.2. The molecule has 0 unspecified atom stereocenters. The minimum absolute atomic E-state index is 0.126. The topological polar surface area (TPSA) is 117 Å². The first-order chi connectivity index (χ1) is 18.2. The van der Waals surface area contributed by atoms with Crippen LogP contribution in [0, 0.1) is 0 Å². The lowest BCUT2D eigenvalue weighted by atomic mass is 10.1. The summed E-state index contributed by atoms with van der Waals surface area (Å²) >= 11 is 0. The van der Waals surface area contributed by atoms with Crippen molar-refractivity contribution in [2.24, 2.45) is 5.10 Å². The Kier molecular flexibility index (Phi) is 10.0. The maximum atomic E-state index is 12.4. The molecule has 0 aromatic heterocycles. The Balaban J connectivity index is 1.48. The molecule has 0 radical (unpaired) electrons. The van der Waals surface area contributed by atoms with Gasteiger partial charge in [-0.3, -0.25) is 13.9 Å². The standard InChI is InChI=1S/C28H32N4O5S/c1-4-22-10-14-25(15-11-22)32(38(3,35)36)19-27(33)31-29-18-23-12-16-26(17-13-23)37-20-28(34)30-21(2)24-8-6-5-7-9-24/h5-18,21H,4,19-20H2,1-3H3,(H,30,34)(H,31,33)/b29-18-/t21-/m0/s1. The van der Waals surface area contributed by atoms with Crippen LogP contribution >= 0.6 is 0 Å². The van der Waals surface area contributed by atoms with Crippen molar-refractivity contribution in [3.05, 3.63) is 95.6 Å². The highest BCUT2D eigenvalue weighted by Gasteiger charge is 2.20. The lowest BCUT2D eigenvalue weighted by Gasteiger charge is -2.21. The van der Waals surface area contributed by atoms with E-state index in [2.05, 4.69) is 15.8 Å². The first-order valence-corrected chi connectivity index (χ1v) is 14.0. The van der Waals surface area contributed by atoms with Crippen LogP contribution in [0.4, 0.5) is 5.69 Å². The third-order valence-corrected chi connectivity index (χ3v) is 6.79. The van der Waals surface area contributed by atoms with Crippen LogP contribution in [0.5, 0.6) is 5.75 Å². The molecule has 0 aliphatic carbocycles. The van der Waals surface area contributed by atoms with Crippen LogP contribution in [0.3, 0.4) is 0 Å². The zero-order chi connectivity index (χ0) is 27.5. The second-order valence-electron chi connectivity index (χ2n) is 8.64. The molecule has 10 heteroatoms. The van der Waals surface area contributed by atoms with Gasteiger partial charge in [0.25, 0.3) is 11.8 Å². The number of hydrazone groups is 1. The molecule has 9 nitrogen and oxygen atoms in total. The number of sulfonamides is 1. The van der Waals surface area contributed by atoms with Gasteiger partial charge in [0.1, 0.15) is 12.3 Å². The number of ether oxygens (including phenoxy) is 1. The summed E-state index contributed by atoms with van der Waals surface area (Å²) < 4.78 is 31.0. The van der Waals surface area contributed by atoms with E-state index in [0.29, 0.717) is 17.0 Å². The van der Waals surface area contributed by atoms with E-state index in [9.17, 15) is 18.0 Å². The van der Waals surface area contributed by atoms with E-state index < -0.39 is 22.5 Å². The van der Waals surface area contributed by atoms with Gasteiger partial charge in [0.15, 0.2) is 6.61 Å². The lowest BCUT2D eigenvalue weighted by Crippen LogP contribution is -2.39. The minimum Gasteiger partial charge on any atom is -0.484 e. The molecule has 0 fully saturated rings. The Hall–Kier alpha value is -4.18. The smallest absolute Gasteiger partial charge is 0.260 e. The monoisotopic (exact) mass is 536 g/mol. The van der Waals surface area contributed by atoms with Gasteiger partial charge in [0.2, 0.25) is 10.0 Å². The molecule has 2 N–H and O–H groups in total. The van der Waals surface area contributed by atoms with Crippen molar-refractivity contribution < 1.29 is 22.7 Å². The van der Waals surface area contributed by atoms with Crippen molar-refractivity contribution in [1.29, 1.82) is 0 Å². The number of hydrogen-bond donors (Lipinski definition) is 2. The Morgan fingerprint density at radius 2 is 1.63 bits per heavy atom. The molecule has 2 amide bonds. The van der Waals surface area contributed by atoms with Gasteiger partial charge in [-0.15, -0.1) is 0 Å². The van der Waals surface area contributed by atoms with Crippen molar-refractivity contribution in [2.45, 2.75) is 26.3 Å². The minimum atomic E-state index is -3.67. The summed E-state index contributed by atoms with van der Waals surface area (Å²) in [6, 6.07) is 23.3. The molecule has 38 heavy (non-hydrogen) atoms. The molecule has 3 aromatic rings. The number of carbonyl (C=O) groups is 2. The predicted octanol–water partition coefficient (Wildman–Crippen LogP) is 3.42. The molecule has 1 atom stereocenters. The number of amides is 2. The number of nitrogens with one attached hydrogen (secondary N) is 2. The van der Waals surface area contributed by atoms with Gasteiger partial charge in [-0.1, -0.05) is 49.4 Å². The van der Waals surface area contributed by atoms with Crippen molar-refractivity contribution in [3.63, 3.8) is 0 Å². The molecular weight excluding hydrogens is 504 g/mol. The van der Waals surface area contributed by atoms with Crippen molar-refractivity contribution >= 4 is 33.7 Å². The van der Waals surface area contributed by atoms with E-state index in [0.717, 1.165) is 28.1 Å². The number of benzene rings is 3. The van der Waals surface area contributed by atoms with Crippen LogP contribution in [0.2, 0.25) is 0 Å². The second kappa shape index (κ2) is 13.4. The molecule has 200 valence electrons. The van der Waals surface area contributed by atoms with Gasteiger partial charge in [-0.25, -0.2) is 13.8 Å². The van der Waals surface area contributed by atoms with Gasteiger partial charge >= 0.3 is 0 Å². The molecule has 0 saturated heterocycles. The number of nitrogens with zero attached hydrogens (tertiary/aromatic N) is 2. The first-order valence-electron chi connectivity index (χ1n) is 12.1. The van der Waals surface area contributed by atoms with Crippen molar-refractivity contribution in [3.8, 4) is 5.75 Å². The van der Waals surface area contributed by atoms with E-state index >= 15 is 0 Å². The molecule has 3 aromatic carbocycles. The average Bonchev–Trinajstić information content (AvgIpc) is 2.91. The number of carbonyl (C=O) groups excluding carboxylic acids is 2. The number of rotatable bonds is 12. The normalized spacial score (nSPS) is 12.1. The van der Waals surface area contributed by atoms with Gasteiger partial charge in [-0.2, -0.15) is 5.10 Å². The fraction of sp³-hybridized carbons (Fsp3) is 0.250. The number of hydrogen-bond acceptors (Lipinski definition) is 6.